The molecule has 134 valence electrons. The van der Waals surface area contributed by atoms with E-state index in [1.54, 1.807) is 7.11 Å². The molecule has 4 N–H and O–H groups in total. The maximum Gasteiger partial charge on any atom is 0.251 e. The van der Waals surface area contributed by atoms with Crippen molar-refractivity contribution in [1.82, 2.24) is 10.6 Å². The second kappa shape index (κ2) is 7.45. The van der Waals surface area contributed by atoms with Crippen LogP contribution in [0.25, 0.3) is 11.3 Å². The lowest BCUT2D eigenvalue weighted by atomic mass is 9.98. The second-order valence-electron chi connectivity index (χ2n) is 6.35. The summed E-state index contributed by atoms with van der Waals surface area (Å²) in [6, 6.07) is 15.4. The highest BCUT2D eigenvalue weighted by Gasteiger charge is 2.21. The van der Waals surface area contributed by atoms with Crippen molar-refractivity contribution in [3.05, 3.63) is 77.1 Å². The molecule has 1 aliphatic rings. The summed E-state index contributed by atoms with van der Waals surface area (Å²) in [5.41, 5.74) is 10.8. The number of nitrogens with one attached hydrogen (secondary N) is 2. The highest BCUT2D eigenvalue weighted by atomic mass is 16.5. The average molecular weight is 349 g/mol. The van der Waals surface area contributed by atoms with E-state index in [9.17, 15) is 4.79 Å². The van der Waals surface area contributed by atoms with Crippen LogP contribution in [0.5, 0.6) is 5.75 Å². The molecule has 26 heavy (non-hydrogen) atoms. The number of carbonyl (C=O) groups is 1. The number of hydrogen-bond acceptors (Lipinski definition) is 4. The van der Waals surface area contributed by atoms with Gasteiger partial charge < -0.3 is 21.1 Å². The van der Waals surface area contributed by atoms with E-state index in [2.05, 4.69) is 10.6 Å². The number of hydrogen-bond donors (Lipinski definition) is 3. The molecule has 0 saturated heterocycles. The normalized spacial score (nSPS) is 16.9. The molecule has 0 aliphatic carbocycles. The molecule has 0 radical (unpaired) electrons. The van der Waals surface area contributed by atoms with Crippen molar-refractivity contribution < 1.29 is 9.53 Å². The van der Waals surface area contributed by atoms with Gasteiger partial charge in [0.1, 0.15) is 11.6 Å². The fourth-order valence-electron chi connectivity index (χ4n) is 2.94. The molecule has 2 aromatic carbocycles. The van der Waals surface area contributed by atoms with Crippen LogP contribution in [0.1, 0.15) is 23.6 Å². The van der Waals surface area contributed by atoms with Crippen molar-refractivity contribution in [2.45, 2.75) is 19.9 Å². The van der Waals surface area contributed by atoms with Gasteiger partial charge in [0.05, 0.1) is 12.8 Å². The molecule has 1 unspecified atom stereocenters. The third-order valence-electron chi connectivity index (χ3n) is 4.25. The molecular weight excluding hydrogens is 326 g/mol. The predicted octanol–water partition coefficient (Wildman–Crippen LogP) is 2.78. The lowest BCUT2D eigenvalue weighted by molar-refractivity contribution is -0.116. The Morgan fingerprint density at radius 2 is 1.85 bits per heavy atom. The van der Waals surface area contributed by atoms with Gasteiger partial charge in [0.25, 0.3) is 5.91 Å². The van der Waals surface area contributed by atoms with E-state index in [4.69, 9.17) is 10.5 Å². The van der Waals surface area contributed by atoms with Gasteiger partial charge in [0.15, 0.2) is 0 Å². The van der Waals surface area contributed by atoms with E-state index < -0.39 is 0 Å². The van der Waals surface area contributed by atoms with Gasteiger partial charge in [0, 0.05) is 23.3 Å². The van der Waals surface area contributed by atoms with Gasteiger partial charge >= 0.3 is 0 Å². The molecule has 0 fully saturated rings. The molecule has 5 nitrogen and oxygen atoms in total. The summed E-state index contributed by atoms with van der Waals surface area (Å²) < 4.78 is 5.28. The Morgan fingerprint density at radius 1 is 1.12 bits per heavy atom. The highest BCUT2D eigenvalue weighted by molar-refractivity contribution is 5.99. The van der Waals surface area contributed by atoms with E-state index in [0.29, 0.717) is 11.5 Å². The molecule has 1 atom stereocenters. The van der Waals surface area contributed by atoms with Crippen molar-refractivity contribution in [2.75, 3.05) is 7.11 Å². The number of aryl methyl sites for hydroxylation is 1. The maximum atomic E-state index is 12.3. The Hall–Kier alpha value is -3.05. The summed E-state index contributed by atoms with van der Waals surface area (Å²) >= 11 is 0. The maximum absolute atomic E-state index is 12.3. The Labute approximate surface area is 153 Å². The van der Waals surface area contributed by atoms with Gasteiger partial charge in [-0.25, -0.2) is 0 Å². The van der Waals surface area contributed by atoms with Crippen LogP contribution in [-0.2, 0) is 4.79 Å². The molecule has 5 heteroatoms. The van der Waals surface area contributed by atoms with Gasteiger partial charge in [-0.05, 0) is 31.5 Å². The van der Waals surface area contributed by atoms with E-state index in [-0.39, 0.29) is 11.9 Å². The third kappa shape index (κ3) is 3.78. The van der Waals surface area contributed by atoms with Crippen molar-refractivity contribution in [3.8, 4) is 5.75 Å². The Balaban J connectivity index is 2.04. The predicted molar refractivity (Wildman–Crippen MR) is 104 cm³/mol. The molecule has 0 bridgehead atoms. The summed E-state index contributed by atoms with van der Waals surface area (Å²) in [7, 11) is 1.62. The minimum atomic E-state index is -0.259. The number of carbonyl (C=O) groups excluding carboxylic acids is 1. The van der Waals surface area contributed by atoms with Crippen molar-refractivity contribution >= 4 is 17.2 Å². The highest BCUT2D eigenvalue weighted by Crippen LogP contribution is 2.25. The molecule has 3 rings (SSSR count). The molecule has 0 spiro atoms. The zero-order chi connectivity index (χ0) is 18.7. The number of amides is 1. The van der Waals surface area contributed by atoms with Crippen molar-refractivity contribution in [2.24, 2.45) is 5.73 Å². The molecule has 1 amide bonds. The molecule has 2 aromatic rings. The fraction of sp³-hybridized carbons (Fsp3) is 0.190. The molecular formula is C21H23N3O2. The first-order valence-corrected chi connectivity index (χ1v) is 8.49. The molecule has 0 saturated carbocycles. The van der Waals surface area contributed by atoms with Crippen LogP contribution in [0.3, 0.4) is 0 Å². The average Bonchev–Trinajstić information content (AvgIpc) is 2.63. The van der Waals surface area contributed by atoms with E-state index >= 15 is 0 Å². The number of benzene rings is 2. The first-order valence-electron chi connectivity index (χ1n) is 8.49. The zero-order valence-corrected chi connectivity index (χ0v) is 15.2. The summed E-state index contributed by atoms with van der Waals surface area (Å²) in [5, 5.41) is 6.20. The standard InChI is InChI=1S/C21H23N3O2/c1-13-7-9-15(10-8-13)20(14(2)22)21-23-18(12-19(25)24-21)16-5-4-6-17(11-16)26-3/h4-12,14,23H,22H2,1-3H3,(H,24,25)/b21-20-. The van der Waals surface area contributed by atoms with Gasteiger partial charge in [-0.3, -0.25) is 4.79 Å². The Bertz CT molecular complexity index is 880. The van der Waals surface area contributed by atoms with Crippen molar-refractivity contribution in [1.29, 1.82) is 0 Å². The number of nitrogens with two attached hydrogens (primary N) is 1. The number of methoxy groups -OCH3 is 1. The fourth-order valence-corrected chi connectivity index (χ4v) is 2.94. The topological polar surface area (TPSA) is 76.4 Å². The molecule has 1 aliphatic heterocycles. The van der Waals surface area contributed by atoms with Crippen molar-refractivity contribution in [3.63, 3.8) is 0 Å². The quantitative estimate of drug-likeness (QED) is 0.793. The Kier molecular flexibility index (Phi) is 5.09. The van der Waals surface area contributed by atoms with E-state index in [1.165, 1.54) is 11.6 Å². The largest absolute Gasteiger partial charge is 0.497 e. The SMILES string of the molecule is COc1cccc(C2=CC(=O)N/C(=C(\c3ccc(C)cc3)C(C)N)N2)c1. The monoisotopic (exact) mass is 349 g/mol. The van der Waals surface area contributed by atoms with Crippen LogP contribution in [0.15, 0.2) is 60.4 Å². The first-order chi connectivity index (χ1) is 12.5. The number of rotatable bonds is 4. The van der Waals surface area contributed by atoms with Crippen LogP contribution in [-0.4, -0.2) is 19.1 Å². The summed E-state index contributed by atoms with van der Waals surface area (Å²) in [6.07, 6.45) is 1.53. The first kappa shape index (κ1) is 17.8. The van der Waals surface area contributed by atoms with Gasteiger partial charge in [0.2, 0.25) is 0 Å². The van der Waals surface area contributed by atoms with Gasteiger partial charge in [-0.2, -0.15) is 0 Å². The minimum absolute atomic E-state index is 0.193. The van der Waals surface area contributed by atoms with E-state index in [0.717, 1.165) is 22.4 Å². The van der Waals surface area contributed by atoms with Crippen LogP contribution in [0.2, 0.25) is 0 Å². The smallest absolute Gasteiger partial charge is 0.251 e. The summed E-state index contributed by atoms with van der Waals surface area (Å²) in [4.78, 5) is 12.3. The lowest BCUT2D eigenvalue weighted by Crippen LogP contribution is -2.38. The van der Waals surface area contributed by atoms with Crippen LogP contribution in [0.4, 0.5) is 0 Å². The van der Waals surface area contributed by atoms with Gasteiger partial charge in [-0.15, -0.1) is 0 Å². The minimum Gasteiger partial charge on any atom is -0.497 e. The zero-order valence-electron chi connectivity index (χ0n) is 15.2. The third-order valence-corrected chi connectivity index (χ3v) is 4.25. The van der Waals surface area contributed by atoms with E-state index in [1.807, 2.05) is 62.4 Å². The lowest BCUT2D eigenvalue weighted by Gasteiger charge is -2.25. The number of ether oxygens (including phenoxy) is 1. The second-order valence-corrected chi connectivity index (χ2v) is 6.35. The van der Waals surface area contributed by atoms with Crippen LogP contribution in [0, 0.1) is 6.92 Å². The molecule has 0 aromatic heterocycles. The molecule has 1 heterocycles. The summed E-state index contributed by atoms with van der Waals surface area (Å²) in [5.74, 6) is 1.14. The van der Waals surface area contributed by atoms with Gasteiger partial charge in [-0.1, -0.05) is 42.0 Å². The van der Waals surface area contributed by atoms with Crippen LogP contribution < -0.4 is 21.1 Å². The van der Waals surface area contributed by atoms with Crippen LogP contribution >= 0.6 is 0 Å². The Morgan fingerprint density at radius 3 is 2.50 bits per heavy atom. The summed E-state index contributed by atoms with van der Waals surface area (Å²) in [6.45, 7) is 3.94.